The van der Waals surface area contributed by atoms with Crippen molar-refractivity contribution >= 4 is 6.16 Å². The van der Waals surface area contributed by atoms with Crippen LogP contribution in [0, 0.1) is 29.6 Å². The number of hydrogen-bond acceptors (Lipinski definition) is 5. The lowest BCUT2D eigenvalue weighted by Gasteiger charge is -2.36. The summed E-state index contributed by atoms with van der Waals surface area (Å²) < 4.78 is 10.3. The van der Waals surface area contributed by atoms with Crippen molar-refractivity contribution in [2.45, 2.75) is 98.4 Å². The number of aliphatic hydroxyl groups excluding tert-OH is 2. The van der Waals surface area contributed by atoms with Crippen LogP contribution in [0.5, 0.6) is 0 Å². The monoisotopic (exact) mass is 412 g/mol. The van der Waals surface area contributed by atoms with Crippen molar-refractivity contribution < 1.29 is 24.5 Å². The van der Waals surface area contributed by atoms with E-state index in [0.29, 0.717) is 29.6 Å². The van der Waals surface area contributed by atoms with Gasteiger partial charge in [-0.2, -0.15) is 0 Å². The molecule has 29 heavy (non-hydrogen) atoms. The maximum Gasteiger partial charge on any atom is 0.508 e. The fourth-order valence-electron chi connectivity index (χ4n) is 4.52. The molecule has 0 amide bonds. The SMILES string of the molecule is C=C(C)[C@@H]1CC[C@@H](C)C[C@H]1O.CC(O)COC(=O)OC1CC(C)CCC1C(C)C. The highest BCUT2D eigenvalue weighted by molar-refractivity contribution is 5.60. The van der Waals surface area contributed by atoms with Crippen molar-refractivity contribution in [2.75, 3.05) is 6.61 Å². The summed E-state index contributed by atoms with van der Waals surface area (Å²) in [5.41, 5.74) is 1.14. The molecule has 0 spiro atoms. The maximum atomic E-state index is 11.5. The molecule has 2 fully saturated rings. The van der Waals surface area contributed by atoms with Crippen LogP contribution in [0.1, 0.15) is 80.1 Å². The molecule has 2 aliphatic carbocycles. The van der Waals surface area contributed by atoms with Crippen LogP contribution in [0.15, 0.2) is 12.2 Å². The van der Waals surface area contributed by atoms with Gasteiger partial charge in [0.2, 0.25) is 0 Å². The highest BCUT2D eigenvalue weighted by Gasteiger charge is 2.33. The van der Waals surface area contributed by atoms with Gasteiger partial charge in [-0.05, 0) is 69.6 Å². The zero-order valence-electron chi connectivity index (χ0n) is 19.4. The predicted molar refractivity (Wildman–Crippen MR) is 117 cm³/mol. The molecular formula is C24H44O5. The van der Waals surface area contributed by atoms with E-state index in [4.69, 9.17) is 14.6 Å². The molecule has 0 aliphatic heterocycles. The van der Waals surface area contributed by atoms with E-state index in [2.05, 4.69) is 34.3 Å². The summed E-state index contributed by atoms with van der Waals surface area (Å²) >= 11 is 0. The van der Waals surface area contributed by atoms with Gasteiger partial charge in [0.15, 0.2) is 0 Å². The van der Waals surface area contributed by atoms with E-state index in [0.717, 1.165) is 31.3 Å². The summed E-state index contributed by atoms with van der Waals surface area (Å²) in [6, 6.07) is 0. The van der Waals surface area contributed by atoms with Crippen LogP contribution in [0.3, 0.4) is 0 Å². The van der Waals surface area contributed by atoms with Crippen molar-refractivity contribution in [3.8, 4) is 0 Å². The summed E-state index contributed by atoms with van der Waals surface area (Å²) in [5.74, 6) is 2.58. The molecule has 2 saturated carbocycles. The minimum Gasteiger partial charge on any atom is -0.432 e. The molecule has 2 N–H and O–H groups in total. The summed E-state index contributed by atoms with van der Waals surface area (Å²) in [4.78, 5) is 11.5. The molecular weight excluding hydrogens is 368 g/mol. The van der Waals surface area contributed by atoms with Crippen molar-refractivity contribution in [3.63, 3.8) is 0 Å². The first-order valence-corrected chi connectivity index (χ1v) is 11.4. The zero-order valence-corrected chi connectivity index (χ0v) is 19.4. The lowest BCUT2D eigenvalue weighted by Crippen LogP contribution is -2.36. The third-order valence-corrected chi connectivity index (χ3v) is 6.36. The van der Waals surface area contributed by atoms with E-state index in [1.807, 2.05) is 6.92 Å². The normalized spacial score (nSPS) is 33.3. The fraction of sp³-hybridized carbons (Fsp3) is 0.875. The van der Waals surface area contributed by atoms with Gasteiger partial charge in [-0.1, -0.05) is 46.3 Å². The maximum absolute atomic E-state index is 11.5. The summed E-state index contributed by atoms with van der Waals surface area (Å²) in [6.07, 6.45) is 5.06. The average molecular weight is 413 g/mol. The highest BCUT2D eigenvalue weighted by atomic mass is 16.7. The van der Waals surface area contributed by atoms with Gasteiger partial charge in [0, 0.05) is 5.92 Å². The molecule has 2 aliphatic rings. The molecule has 0 aromatic rings. The number of aliphatic hydroxyl groups is 2. The van der Waals surface area contributed by atoms with E-state index in [1.54, 1.807) is 6.92 Å². The smallest absolute Gasteiger partial charge is 0.432 e. The quantitative estimate of drug-likeness (QED) is 0.471. The lowest BCUT2D eigenvalue weighted by atomic mass is 9.75. The van der Waals surface area contributed by atoms with Gasteiger partial charge in [0.05, 0.1) is 12.2 Å². The zero-order chi connectivity index (χ0) is 22.1. The van der Waals surface area contributed by atoms with Crippen molar-refractivity contribution in [2.24, 2.45) is 29.6 Å². The van der Waals surface area contributed by atoms with Gasteiger partial charge >= 0.3 is 6.16 Å². The Labute approximate surface area is 177 Å². The standard InChI is InChI=1S/C14H26O4.C10H18O/c1-9(2)12-6-5-10(3)7-13(12)18-14(16)17-8-11(4)15;1-7(2)9-5-4-8(3)6-10(9)11/h9-13,15H,5-8H2,1-4H3;8-11H,1,4-6H2,2-3H3/t;8-,9+,10-/m.1/s1. The van der Waals surface area contributed by atoms with Crippen LogP contribution < -0.4 is 0 Å². The van der Waals surface area contributed by atoms with E-state index in [1.165, 1.54) is 12.8 Å². The number of rotatable bonds is 5. The Hall–Kier alpha value is -1.07. The second-order valence-corrected chi connectivity index (χ2v) is 9.83. The van der Waals surface area contributed by atoms with Crippen LogP contribution in [-0.4, -0.2) is 41.3 Å². The highest BCUT2D eigenvalue weighted by Crippen LogP contribution is 2.35. The van der Waals surface area contributed by atoms with Gasteiger partial charge in [0.1, 0.15) is 12.7 Å². The Bertz CT molecular complexity index is 501. The number of ether oxygens (including phenoxy) is 2. The fourth-order valence-corrected chi connectivity index (χ4v) is 4.52. The Balaban J connectivity index is 0.000000326. The van der Waals surface area contributed by atoms with E-state index in [-0.39, 0.29) is 18.8 Å². The molecule has 5 nitrogen and oxygen atoms in total. The molecule has 5 heteroatoms. The largest absolute Gasteiger partial charge is 0.508 e. The summed E-state index contributed by atoms with van der Waals surface area (Å²) in [5, 5.41) is 18.7. The first-order chi connectivity index (χ1) is 13.5. The molecule has 170 valence electrons. The van der Waals surface area contributed by atoms with Gasteiger partial charge < -0.3 is 19.7 Å². The minimum absolute atomic E-state index is 0.00650. The molecule has 0 aromatic heterocycles. The third-order valence-electron chi connectivity index (χ3n) is 6.36. The Kier molecular flexibility index (Phi) is 11.3. The van der Waals surface area contributed by atoms with Gasteiger partial charge in [-0.25, -0.2) is 4.79 Å². The van der Waals surface area contributed by atoms with Crippen LogP contribution in [0.4, 0.5) is 4.79 Å². The molecule has 2 rings (SSSR count). The topological polar surface area (TPSA) is 76.0 Å². The van der Waals surface area contributed by atoms with Crippen LogP contribution in [0.25, 0.3) is 0 Å². The van der Waals surface area contributed by atoms with E-state index < -0.39 is 12.3 Å². The van der Waals surface area contributed by atoms with E-state index >= 15 is 0 Å². The van der Waals surface area contributed by atoms with Gasteiger partial charge in [-0.3, -0.25) is 0 Å². The Morgan fingerprint density at radius 2 is 1.66 bits per heavy atom. The van der Waals surface area contributed by atoms with E-state index in [9.17, 15) is 9.90 Å². The molecule has 0 aromatic carbocycles. The van der Waals surface area contributed by atoms with Crippen molar-refractivity contribution in [1.82, 2.24) is 0 Å². The molecule has 0 saturated heterocycles. The predicted octanol–water partition coefficient (Wildman–Crippen LogP) is 5.34. The summed E-state index contributed by atoms with van der Waals surface area (Å²) in [7, 11) is 0. The number of carbonyl (C=O) groups excluding carboxylic acids is 1. The summed E-state index contributed by atoms with van der Waals surface area (Å²) in [6.45, 7) is 16.2. The second kappa shape index (κ2) is 12.6. The Morgan fingerprint density at radius 1 is 1.07 bits per heavy atom. The second-order valence-electron chi connectivity index (χ2n) is 9.83. The van der Waals surface area contributed by atoms with Crippen LogP contribution >= 0.6 is 0 Å². The van der Waals surface area contributed by atoms with Crippen LogP contribution in [0.2, 0.25) is 0 Å². The molecule has 7 atom stereocenters. The first kappa shape index (κ1) is 26.0. The molecule has 4 unspecified atom stereocenters. The first-order valence-electron chi connectivity index (χ1n) is 11.4. The van der Waals surface area contributed by atoms with Gasteiger partial charge in [0.25, 0.3) is 0 Å². The third kappa shape index (κ3) is 9.52. The molecule has 0 bridgehead atoms. The minimum atomic E-state index is -0.652. The van der Waals surface area contributed by atoms with Gasteiger partial charge in [-0.15, -0.1) is 0 Å². The Morgan fingerprint density at radius 3 is 2.17 bits per heavy atom. The number of hydrogen-bond donors (Lipinski definition) is 2. The lowest BCUT2D eigenvalue weighted by molar-refractivity contribution is -0.0412. The van der Waals surface area contributed by atoms with Crippen LogP contribution in [-0.2, 0) is 9.47 Å². The number of carbonyl (C=O) groups is 1. The average Bonchev–Trinajstić information content (AvgIpc) is 2.60. The molecule has 0 radical (unpaired) electrons. The van der Waals surface area contributed by atoms with Crippen molar-refractivity contribution in [3.05, 3.63) is 12.2 Å². The van der Waals surface area contributed by atoms with Crippen molar-refractivity contribution in [1.29, 1.82) is 0 Å². The molecule has 0 heterocycles.